The molecule has 2 aromatic carbocycles. The second-order valence-corrected chi connectivity index (χ2v) is 12.8. The highest BCUT2D eigenvalue weighted by atomic mass is 35.5. The van der Waals surface area contributed by atoms with E-state index >= 15 is 0 Å². The number of fused-ring (bicyclic) bond motifs is 1. The molecule has 0 aromatic heterocycles. The molecule has 3 amide bonds. The van der Waals surface area contributed by atoms with E-state index in [1.54, 1.807) is 11.0 Å². The smallest absolute Gasteiger partial charge is 0.246 e. The van der Waals surface area contributed by atoms with Crippen molar-refractivity contribution in [3.05, 3.63) is 76.3 Å². The fourth-order valence-electron chi connectivity index (χ4n) is 7.34. The average molecular weight is 576 g/mol. The van der Waals surface area contributed by atoms with Crippen molar-refractivity contribution in [3.8, 4) is 0 Å². The van der Waals surface area contributed by atoms with E-state index in [9.17, 15) is 14.4 Å². The maximum Gasteiger partial charge on any atom is 0.246 e. The molecule has 7 nitrogen and oxygen atoms in total. The van der Waals surface area contributed by atoms with Gasteiger partial charge in [0, 0.05) is 23.3 Å². The first-order valence-electron chi connectivity index (χ1n) is 14.7. The Balaban J connectivity index is 1.34. The summed E-state index contributed by atoms with van der Waals surface area (Å²) in [4.78, 5) is 43.8. The van der Waals surface area contributed by atoms with Crippen LogP contribution < -0.4 is 10.6 Å². The molecule has 4 aliphatic rings. The molecule has 3 heterocycles. The van der Waals surface area contributed by atoms with Crippen molar-refractivity contribution in [1.29, 1.82) is 0 Å². The van der Waals surface area contributed by atoms with Crippen LogP contribution in [-0.4, -0.2) is 46.4 Å². The van der Waals surface area contributed by atoms with Gasteiger partial charge in [-0.25, -0.2) is 0 Å². The number of nitrogens with one attached hydrogen (secondary N) is 2. The molecule has 8 heteroatoms. The van der Waals surface area contributed by atoms with Crippen molar-refractivity contribution >= 4 is 35.0 Å². The van der Waals surface area contributed by atoms with Crippen LogP contribution in [0.3, 0.4) is 0 Å². The molecule has 3 fully saturated rings. The van der Waals surface area contributed by atoms with Gasteiger partial charge < -0.3 is 20.3 Å². The summed E-state index contributed by atoms with van der Waals surface area (Å²) in [5.41, 5.74) is 2.39. The normalized spacial score (nSPS) is 33.6. The molecular formula is C33H38ClN3O4. The number of hydrogen-bond donors (Lipinski definition) is 2. The van der Waals surface area contributed by atoms with Gasteiger partial charge >= 0.3 is 0 Å². The highest BCUT2D eigenvalue weighted by Gasteiger charge is 2.72. The van der Waals surface area contributed by atoms with Gasteiger partial charge in [-0.15, -0.1) is 0 Å². The minimum atomic E-state index is -1.22. The molecule has 216 valence electrons. The van der Waals surface area contributed by atoms with Crippen LogP contribution in [-0.2, 0) is 25.7 Å². The van der Waals surface area contributed by atoms with Crippen molar-refractivity contribution in [1.82, 2.24) is 10.2 Å². The summed E-state index contributed by atoms with van der Waals surface area (Å²) >= 11 is 6.51. The molecule has 8 atom stereocenters. The summed E-state index contributed by atoms with van der Waals surface area (Å²) < 4.78 is 6.51. The van der Waals surface area contributed by atoms with Crippen LogP contribution in [0.1, 0.15) is 49.8 Å². The van der Waals surface area contributed by atoms with Gasteiger partial charge in [0.05, 0.1) is 17.9 Å². The first kappa shape index (κ1) is 28.0. The van der Waals surface area contributed by atoms with E-state index < -0.39 is 29.6 Å². The molecule has 2 saturated heterocycles. The van der Waals surface area contributed by atoms with Crippen molar-refractivity contribution < 1.29 is 19.1 Å². The second-order valence-electron chi connectivity index (χ2n) is 12.4. The lowest BCUT2D eigenvalue weighted by atomic mass is 9.73. The van der Waals surface area contributed by atoms with Crippen LogP contribution in [0.25, 0.3) is 0 Å². The molecule has 3 aliphatic heterocycles. The number of amides is 3. The molecule has 41 heavy (non-hydrogen) atoms. The number of hydrogen-bond acceptors (Lipinski definition) is 4. The fourth-order valence-corrected chi connectivity index (χ4v) is 7.54. The van der Waals surface area contributed by atoms with Crippen LogP contribution in [0.2, 0.25) is 5.02 Å². The summed E-state index contributed by atoms with van der Waals surface area (Å²) in [7, 11) is 0. The number of anilines is 1. The molecule has 0 radical (unpaired) electrons. The maximum absolute atomic E-state index is 14.3. The minimum Gasteiger partial charge on any atom is -0.359 e. The molecule has 2 N–H and O–H groups in total. The Labute approximate surface area is 246 Å². The Hall–Kier alpha value is -3.16. The highest BCUT2D eigenvalue weighted by Crippen LogP contribution is 2.55. The van der Waals surface area contributed by atoms with Gasteiger partial charge in [0.1, 0.15) is 11.6 Å². The van der Waals surface area contributed by atoms with Gasteiger partial charge in [-0.2, -0.15) is 0 Å². The Morgan fingerprint density at radius 1 is 1.07 bits per heavy atom. The number of carbonyl (C=O) groups is 3. The number of rotatable bonds is 6. The van der Waals surface area contributed by atoms with E-state index in [-0.39, 0.29) is 30.3 Å². The Morgan fingerprint density at radius 3 is 2.61 bits per heavy atom. The molecular weight excluding hydrogens is 538 g/mol. The van der Waals surface area contributed by atoms with Gasteiger partial charge in [-0.1, -0.05) is 74.7 Å². The van der Waals surface area contributed by atoms with Gasteiger partial charge in [0.15, 0.2) is 0 Å². The van der Waals surface area contributed by atoms with E-state index in [4.69, 9.17) is 16.3 Å². The van der Waals surface area contributed by atoms with Gasteiger partial charge in [-0.05, 0) is 67.0 Å². The van der Waals surface area contributed by atoms with Crippen LogP contribution in [0.15, 0.2) is 54.6 Å². The zero-order valence-electron chi connectivity index (χ0n) is 24.0. The van der Waals surface area contributed by atoms with Crippen molar-refractivity contribution in [2.24, 2.45) is 23.7 Å². The molecule has 1 spiro atoms. The second kappa shape index (κ2) is 10.6. The number of nitrogens with zero attached hydrogens (tertiary/aromatic N) is 1. The summed E-state index contributed by atoms with van der Waals surface area (Å²) in [5, 5.41) is 6.83. The fraction of sp³-hybridized carbons (Fsp3) is 0.485. The predicted molar refractivity (Wildman–Crippen MR) is 158 cm³/mol. The SMILES string of the molecule is Cc1ccc(NC(=O)[C@@H]2[C@@H]3C=C[C@]4(O3)[C@@H]2C(=O)N(Cc2ccccc2Cl)[C@H]4C(=O)N[C@@H]2CCC[C@@H](C)[C@@H]2C)cc1C. The van der Waals surface area contributed by atoms with Gasteiger partial charge in [0.2, 0.25) is 17.7 Å². The summed E-state index contributed by atoms with van der Waals surface area (Å²) in [6.07, 6.45) is 6.21. The first-order chi connectivity index (χ1) is 19.6. The van der Waals surface area contributed by atoms with Crippen LogP contribution in [0, 0.1) is 37.5 Å². The standard InChI is InChI=1S/C33H38ClN3O4/c1-18-12-13-23(16-20(18)3)35-30(38)27-26-14-15-33(41-26)28(27)32(40)37(17-22-9-5-6-10-24(22)34)29(33)31(39)36-25-11-7-8-19(2)21(25)4/h5-6,9-10,12-16,19,21,25-29H,7-8,11,17H2,1-4H3,(H,35,38)(H,36,39)/t19-,21+,25-,26+,27-,28+,29+,33+/m1/s1. The Bertz CT molecular complexity index is 1420. The topological polar surface area (TPSA) is 87.7 Å². The van der Waals surface area contributed by atoms with Crippen LogP contribution in [0.4, 0.5) is 5.69 Å². The minimum absolute atomic E-state index is 0.0189. The third kappa shape index (κ3) is 4.67. The zero-order chi connectivity index (χ0) is 29.1. The van der Waals surface area contributed by atoms with E-state index in [0.717, 1.165) is 36.0 Å². The summed E-state index contributed by atoms with van der Waals surface area (Å²) in [5.74, 6) is -1.53. The number of aryl methyl sites for hydroxylation is 2. The summed E-state index contributed by atoms with van der Waals surface area (Å²) in [6.45, 7) is 8.57. The molecule has 0 unspecified atom stereocenters. The average Bonchev–Trinajstić information content (AvgIpc) is 3.58. The number of ether oxygens (including phenoxy) is 1. The first-order valence-corrected chi connectivity index (χ1v) is 15.1. The summed E-state index contributed by atoms with van der Waals surface area (Å²) in [6, 6.07) is 12.2. The zero-order valence-corrected chi connectivity index (χ0v) is 24.8. The molecule has 2 aromatic rings. The maximum atomic E-state index is 14.3. The Kier molecular flexibility index (Phi) is 7.23. The lowest BCUT2D eigenvalue weighted by Crippen LogP contribution is -2.57. The predicted octanol–water partition coefficient (Wildman–Crippen LogP) is 5.19. The van der Waals surface area contributed by atoms with Crippen molar-refractivity contribution in [3.63, 3.8) is 0 Å². The lowest BCUT2D eigenvalue weighted by molar-refractivity contribution is -0.142. The van der Waals surface area contributed by atoms with Crippen LogP contribution >= 0.6 is 11.6 Å². The highest BCUT2D eigenvalue weighted by molar-refractivity contribution is 6.31. The van der Waals surface area contributed by atoms with E-state index in [1.807, 2.05) is 62.4 Å². The number of benzene rings is 2. The number of likely N-dealkylation sites (tertiary alicyclic amines) is 1. The Morgan fingerprint density at radius 2 is 1.85 bits per heavy atom. The number of carbonyl (C=O) groups excluding carboxylic acids is 3. The molecule has 2 bridgehead atoms. The van der Waals surface area contributed by atoms with Gasteiger partial charge in [0.25, 0.3) is 0 Å². The van der Waals surface area contributed by atoms with Crippen molar-refractivity contribution in [2.75, 3.05) is 5.32 Å². The van der Waals surface area contributed by atoms with E-state index in [0.29, 0.717) is 22.5 Å². The third-order valence-electron chi connectivity index (χ3n) is 10.0. The molecule has 1 saturated carbocycles. The molecule has 6 rings (SSSR count). The third-order valence-corrected chi connectivity index (χ3v) is 10.4. The van der Waals surface area contributed by atoms with Crippen molar-refractivity contribution in [2.45, 2.75) is 77.3 Å². The number of halogens is 1. The monoisotopic (exact) mass is 575 g/mol. The lowest BCUT2D eigenvalue weighted by Gasteiger charge is -2.38. The van der Waals surface area contributed by atoms with Gasteiger partial charge in [-0.3, -0.25) is 14.4 Å². The largest absolute Gasteiger partial charge is 0.359 e. The van der Waals surface area contributed by atoms with Crippen LogP contribution in [0.5, 0.6) is 0 Å². The van der Waals surface area contributed by atoms with E-state index in [2.05, 4.69) is 24.5 Å². The quantitative estimate of drug-likeness (QED) is 0.464. The van der Waals surface area contributed by atoms with E-state index in [1.165, 1.54) is 0 Å². The molecule has 1 aliphatic carbocycles.